The van der Waals surface area contributed by atoms with Crippen LogP contribution in [0.4, 0.5) is 0 Å². The third-order valence-corrected chi connectivity index (χ3v) is 2.94. The van der Waals surface area contributed by atoms with E-state index < -0.39 is 0 Å². The number of rotatable bonds is 7. The Labute approximate surface area is 126 Å². The summed E-state index contributed by atoms with van der Waals surface area (Å²) < 4.78 is 0. The molecule has 0 saturated heterocycles. The number of hydrogen-bond donors (Lipinski definition) is 1. The fraction of sp³-hybridized carbons (Fsp3) is 0.294. The quantitative estimate of drug-likeness (QED) is 0.362. The number of nitrogens with one attached hydrogen (secondary N) is 1. The Bertz CT molecular complexity index is 541. The van der Waals surface area contributed by atoms with E-state index in [9.17, 15) is 4.79 Å². The number of carbonyl (C=O) groups is 1. The number of nitrogens with zero attached hydrogens (tertiary/aromatic N) is 2. The van der Waals surface area contributed by atoms with E-state index in [1.807, 2.05) is 50.2 Å². The van der Waals surface area contributed by atoms with Crippen LogP contribution in [-0.2, 0) is 11.3 Å². The fourth-order valence-electron chi connectivity index (χ4n) is 1.81. The molecule has 1 aromatic carbocycles. The molecule has 0 spiro atoms. The van der Waals surface area contributed by atoms with Crippen molar-refractivity contribution in [1.82, 2.24) is 10.2 Å². The van der Waals surface area contributed by atoms with Gasteiger partial charge in [0.05, 0.1) is 0 Å². The number of nitriles is 1. The maximum atomic E-state index is 12.5. The maximum absolute atomic E-state index is 12.5. The molecular weight excluding hydrogens is 262 g/mol. The second-order valence-electron chi connectivity index (χ2n) is 4.88. The van der Waals surface area contributed by atoms with E-state index in [1.165, 1.54) is 6.20 Å². The summed E-state index contributed by atoms with van der Waals surface area (Å²) in [5, 5.41) is 12.0. The average Bonchev–Trinajstić information content (AvgIpc) is 2.49. The summed E-state index contributed by atoms with van der Waals surface area (Å²) in [6.07, 6.45) is 3.12. The van der Waals surface area contributed by atoms with Crippen LogP contribution in [0.25, 0.3) is 0 Å². The van der Waals surface area contributed by atoms with Crippen molar-refractivity contribution in [3.63, 3.8) is 0 Å². The molecule has 1 rings (SSSR count). The molecule has 0 radical (unpaired) electrons. The predicted octanol–water partition coefficient (Wildman–Crippen LogP) is 2.61. The first-order chi connectivity index (χ1) is 10.1. The van der Waals surface area contributed by atoms with Crippen LogP contribution in [0.1, 0.15) is 19.4 Å². The van der Waals surface area contributed by atoms with Gasteiger partial charge in [-0.15, -0.1) is 6.58 Å². The molecule has 0 fully saturated rings. The summed E-state index contributed by atoms with van der Waals surface area (Å²) >= 11 is 0. The molecule has 0 aromatic heterocycles. The lowest BCUT2D eigenvalue weighted by Crippen LogP contribution is -2.37. The van der Waals surface area contributed by atoms with E-state index in [-0.39, 0.29) is 17.5 Å². The summed E-state index contributed by atoms with van der Waals surface area (Å²) in [5.74, 6) is -0.270. The number of amides is 1. The van der Waals surface area contributed by atoms with Gasteiger partial charge in [-0.05, 0) is 19.4 Å². The zero-order valence-corrected chi connectivity index (χ0v) is 12.5. The topological polar surface area (TPSA) is 56.1 Å². The van der Waals surface area contributed by atoms with Gasteiger partial charge in [0.1, 0.15) is 11.6 Å². The van der Waals surface area contributed by atoms with Crippen molar-refractivity contribution in [2.45, 2.75) is 26.4 Å². The summed E-state index contributed by atoms with van der Waals surface area (Å²) in [7, 11) is 0. The first-order valence-corrected chi connectivity index (χ1v) is 6.89. The van der Waals surface area contributed by atoms with Crippen molar-refractivity contribution in [2.24, 2.45) is 0 Å². The summed E-state index contributed by atoms with van der Waals surface area (Å²) in [6.45, 7) is 8.45. The smallest absolute Gasteiger partial charge is 0.266 e. The van der Waals surface area contributed by atoms with E-state index in [4.69, 9.17) is 5.26 Å². The third kappa shape index (κ3) is 5.15. The van der Waals surface area contributed by atoms with Gasteiger partial charge in [0, 0.05) is 25.3 Å². The Morgan fingerprint density at radius 2 is 2.10 bits per heavy atom. The molecule has 0 aliphatic carbocycles. The molecule has 0 atom stereocenters. The largest absolute Gasteiger partial charge is 0.386 e. The molecule has 0 heterocycles. The van der Waals surface area contributed by atoms with Crippen molar-refractivity contribution in [1.29, 1.82) is 5.26 Å². The molecule has 4 heteroatoms. The maximum Gasteiger partial charge on any atom is 0.266 e. The highest BCUT2D eigenvalue weighted by atomic mass is 16.2. The molecular formula is C17H21N3O. The van der Waals surface area contributed by atoms with E-state index in [1.54, 1.807) is 11.0 Å². The predicted molar refractivity (Wildman–Crippen MR) is 84.0 cm³/mol. The Balaban J connectivity index is 2.89. The second-order valence-corrected chi connectivity index (χ2v) is 4.88. The first kappa shape index (κ1) is 16.5. The summed E-state index contributed by atoms with van der Waals surface area (Å²) in [5.41, 5.74) is 1.14. The van der Waals surface area contributed by atoms with Gasteiger partial charge in [0.25, 0.3) is 5.91 Å². The minimum Gasteiger partial charge on any atom is -0.386 e. The lowest BCUT2D eigenvalue weighted by molar-refractivity contribution is -0.129. The van der Waals surface area contributed by atoms with Gasteiger partial charge in [0.2, 0.25) is 0 Å². The third-order valence-electron chi connectivity index (χ3n) is 2.94. The van der Waals surface area contributed by atoms with Crippen LogP contribution in [0.15, 0.2) is 54.8 Å². The number of carbonyl (C=O) groups excluding carboxylic acids is 1. The normalized spacial score (nSPS) is 10.9. The van der Waals surface area contributed by atoms with Gasteiger partial charge in [0.15, 0.2) is 0 Å². The number of hydrogen-bond acceptors (Lipinski definition) is 3. The number of benzene rings is 1. The lowest BCUT2D eigenvalue weighted by atomic mass is 10.1. The van der Waals surface area contributed by atoms with E-state index in [0.717, 1.165) is 5.56 Å². The van der Waals surface area contributed by atoms with Gasteiger partial charge >= 0.3 is 0 Å². The lowest BCUT2D eigenvalue weighted by Gasteiger charge is -2.26. The summed E-state index contributed by atoms with van der Waals surface area (Å²) in [6, 6.07) is 11.7. The van der Waals surface area contributed by atoms with Crippen LogP contribution in [0.3, 0.4) is 0 Å². The van der Waals surface area contributed by atoms with Gasteiger partial charge in [-0.2, -0.15) is 5.26 Å². The first-order valence-electron chi connectivity index (χ1n) is 6.89. The zero-order chi connectivity index (χ0) is 15.7. The molecule has 110 valence electrons. The second kappa shape index (κ2) is 8.60. The molecule has 0 unspecified atom stereocenters. The molecule has 0 aliphatic rings. The molecule has 4 nitrogen and oxygen atoms in total. The van der Waals surface area contributed by atoms with Gasteiger partial charge in [-0.3, -0.25) is 4.79 Å². The molecule has 1 amide bonds. The molecule has 0 bridgehead atoms. The van der Waals surface area contributed by atoms with Crippen molar-refractivity contribution in [3.8, 4) is 6.07 Å². The van der Waals surface area contributed by atoms with Gasteiger partial charge in [-0.25, -0.2) is 0 Å². The highest BCUT2D eigenvalue weighted by Gasteiger charge is 2.21. The Hall–Kier alpha value is -2.54. The molecule has 21 heavy (non-hydrogen) atoms. The van der Waals surface area contributed by atoms with Crippen molar-refractivity contribution in [3.05, 3.63) is 60.3 Å². The van der Waals surface area contributed by atoms with Crippen LogP contribution in [0.2, 0.25) is 0 Å². The molecule has 0 saturated carbocycles. The van der Waals surface area contributed by atoms with Crippen LogP contribution in [-0.4, -0.2) is 23.4 Å². The minimum atomic E-state index is -0.270. The monoisotopic (exact) mass is 283 g/mol. The Morgan fingerprint density at radius 1 is 1.43 bits per heavy atom. The molecule has 0 aliphatic heterocycles. The van der Waals surface area contributed by atoms with E-state index in [0.29, 0.717) is 13.1 Å². The van der Waals surface area contributed by atoms with Crippen molar-refractivity contribution < 1.29 is 4.79 Å². The van der Waals surface area contributed by atoms with Crippen molar-refractivity contribution in [2.75, 3.05) is 6.54 Å². The average molecular weight is 283 g/mol. The Morgan fingerprint density at radius 3 is 2.62 bits per heavy atom. The van der Waals surface area contributed by atoms with Crippen LogP contribution >= 0.6 is 0 Å². The van der Waals surface area contributed by atoms with Gasteiger partial charge in [-0.1, -0.05) is 36.4 Å². The highest BCUT2D eigenvalue weighted by molar-refractivity contribution is 5.97. The zero-order valence-electron chi connectivity index (χ0n) is 12.5. The van der Waals surface area contributed by atoms with Crippen LogP contribution in [0, 0.1) is 11.3 Å². The van der Waals surface area contributed by atoms with Crippen LogP contribution < -0.4 is 5.32 Å². The van der Waals surface area contributed by atoms with Gasteiger partial charge < -0.3 is 10.2 Å². The summed E-state index contributed by atoms with van der Waals surface area (Å²) in [4.78, 5) is 14.2. The standard InChI is InChI=1S/C17H21N3O/c1-4-10-19-12-16(11-18)17(21)20(14(2)3)13-15-8-6-5-7-9-15/h4-9,12,14,19H,1,10,13H2,2-3H3/b16-12-. The SMILES string of the molecule is C=CCN/C=C(/C#N)C(=O)N(Cc1ccccc1)C(C)C. The van der Waals surface area contributed by atoms with Crippen LogP contribution in [0.5, 0.6) is 0 Å². The Kier molecular flexibility index (Phi) is 6.76. The molecule has 1 N–H and O–H groups in total. The highest BCUT2D eigenvalue weighted by Crippen LogP contribution is 2.11. The fourth-order valence-corrected chi connectivity index (χ4v) is 1.81. The van der Waals surface area contributed by atoms with Crippen molar-refractivity contribution >= 4 is 5.91 Å². The van der Waals surface area contributed by atoms with E-state index in [2.05, 4.69) is 11.9 Å². The minimum absolute atomic E-state index is 0.00820. The molecule has 1 aromatic rings. The van der Waals surface area contributed by atoms with E-state index >= 15 is 0 Å².